The van der Waals surface area contributed by atoms with Crippen molar-refractivity contribution in [1.29, 1.82) is 0 Å². The summed E-state index contributed by atoms with van der Waals surface area (Å²) in [6, 6.07) is 7.73. The number of nitrogens with one attached hydrogen (secondary N) is 1. The first-order valence-electron chi connectivity index (χ1n) is 6.03. The molecule has 1 aromatic carbocycles. The maximum absolute atomic E-state index is 11.8. The van der Waals surface area contributed by atoms with Crippen molar-refractivity contribution in [2.24, 2.45) is 0 Å². The number of para-hydroxylation sites is 1. The average Bonchev–Trinajstić information content (AvgIpc) is 2.82. The summed E-state index contributed by atoms with van der Waals surface area (Å²) in [6.07, 6.45) is 1.07. The predicted molar refractivity (Wildman–Crippen MR) is 76.8 cm³/mol. The second-order valence-electron chi connectivity index (χ2n) is 4.15. The smallest absolute Gasteiger partial charge is 0.226 e. The van der Waals surface area contributed by atoms with Crippen LogP contribution in [0.2, 0.25) is 0 Å². The van der Waals surface area contributed by atoms with Gasteiger partial charge in [-0.25, -0.2) is 4.98 Å². The van der Waals surface area contributed by atoms with Gasteiger partial charge in [-0.2, -0.15) is 0 Å². The van der Waals surface area contributed by atoms with Crippen LogP contribution in [0.5, 0.6) is 5.75 Å². The fourth-order valence-corrected chi connectivity index (χ4v) is 2.46. The molecule has 1 N–H and O–H groups in total. The molecule has 2 aromatic rings. The Morgan fingerprint density at radius 1 is 1.42 bits per heavy atom. The molecule has 0 radical (unpaired) electrons. The Hall–Kier alpha value is -1.88. The molecule has 0 saturated carbocycles. The predicted octanol–water partition coefficient (Wildman–Crippen LogP) is 3.03. The van der Waals surface area contributed by atoms with Crippen molar-refractivity contribution in [3.63, 3.8) is 0 Å². The summed E-state index contributed by atoms with van der Waals surface area (Å²) in [5, 5.41) is 5.37. The van der Waals surface area contributed by atoms with Gasteiger partial charge in [-0.05, 0) is 25.0 Å². The minimum absolute atomic E-state index is 0.0275. The molecule has 0 spiro atoms. The number of thiazole rings is 1. The topological polar surface area (TPSA) is 51.2 Å². The van der Waals surface area contributed by atoms with Crippen LogP contribution in [-0.2, 0) is 11.2 Å². The summed E-state index contributed by atoms with van der Waals surface area (Å²) in [6.45, 7) is 1.90. The molecule has 0 aliphatic rings. The van der Waals surface area contributed by atoms with E-state index in [2.05, 4.69) is 10.3 Å². The largest absolute Gasteiger partial charge is 0.496 e. The number of carbonyl (C=O) groups is 1. The van der Waals surface area contributed by atoms with Crippen molar-refractivity contribution in [2.75, 3.05) is 12.4 Å². The van der Waals surface area contributed by atoms with Gasteiger partial charge in [-0.1, -0.05) is 18.2 Å². The number of aryl methyl sites for hydroxylation is 2. The number of benzene rings is 1. The molecule has 5 heteroatoms. The fraction of sp³-hybridized carbons (Fsp3) is 0.286. The van der Waals surface area contributed by atoms with E-state index in [1.807, 2.05) is 36.6 Å². The first kappa shape index (κ1) is 13.5. The van der Waals surface area contributed by atoms with Crippen LogP contribution in [0.25, 0.3) is 0 Å². The summed E-state index contributed by atoms with van der Waals surface area (Å²) >= 11 is 1.44. The fourth-order valence-electron chi connectivity index (χ4n) is 1.75. The first-order chi connectivity index (χ1) is 9.19. The van der Waals surface area contributed by atoms with Gasteiger partial charge in [0, 0.05) is 11.8 Å². The lowest BCUT2D eigenvalue weighted by molar-refractivity contribution is -0.116. The van der Waals surface area contributed by atoms with Gasteiger partial charge in [-0.3, -0.25) is 4.79 Å². The lowest BCUT2D eigenvalue weighted by Crippen LogP contribution is -2.12. The van der Waals surface area contributed by atoms with Gasteiger partial charge in [0.15, 0.2) is 5.13 Å². The van der Waals surface area contributed by atoms with Crippen molar-refractivity contribution >= 4 is 22.4 Å². The van der Waals surface area contributed by atoms with Crippen LogP contribution in [0.4, 0.5) is 5.13 Å². The third-order valence-corrected chi connectivity index (χ3v) is 3.55. The molecule has 2 rings (SSSR count). The van der Waals surface area contributed by atoms with Gasteiger partial charge < -0.3 is 10.1 Å². The Morgan fingerprint density at radius 3 is 2.89 bits per heavy atom. The third-order valence-electron chi connectivity index (χ3n) is 2.68. The second kappa shape index (κ2) is 6.33. The van der Waals surface area contributed by atoms with E-state index >= 15 is 0 Å². The van der Waals surface area contributed by atoms with E-state index in [4.69, 9.17) is 4.74 Å². The zero-order chi connectivity index (χ0) is 13.7. The quantitative estimate of drug-likeness (QED) is 0.913. The Labute approximate surface area is 116 Å². The number of methoxy groups -OCH3 is 1. The highest BCUT2D eigenvalue weighted by atomic mass is 32.1. The molecule has 1 aromatic heterocycles. The number of carbonyl (C=O) groups excluding carboxylic acids is 1. The molecule has 0 aliphatic heterocycles. The zero-order valence-electron chi connectivity index (χ0n) is 11.0. The van der Waals surface area contributed by atoms with Gasteiger partial charge in [0.25, 0.3) is 0 Å². The molecule has 1 heterocycles. The number of hydrogen-bond donors (Lipinski definition) is 1. The average molecular weight is 276 g/mol. The van der Waals surface area contributed by atoms with E-state index in [1.54, 1.807) is 7.11 Å². The van der Waals surface area contributed by atoms with E-state index in [0.717, 1.165) is 17.0 Å². The van der Waals surface area contributed by atoms with Crippen LogP contribution in [0, 0.1) is 6.92 Å². The number of ether oxygens (including phenoxy) is 1. The molecule has 1 amide bonds. The maximum Gasteiger partial charge on any atom is 0.226 e. The first-order valence-corrected chi connectivity index (χ1v) is 6.91. The van der Waals surface area contributed by atoms with E-state index in [9.17, 15) is 4.79 Å². The summed E-state index contributed by atoms with van der Waals surface area (Å²) in [5.41, 5.74) is 1.96. The molecular weight excluding hydrogens is 260 g/mol. The summed E-state index contributed by atoms with van der Waals surface area (Å²) in [7, 11) is 1.64. The molecule has 19 heavy (non-hydrogen) atoms. The Kier molecular flexibility index (Phi) is 4.52. The van der Waals surface area contributed by atoms with Crippen LogP contribution < -0.4 is 10.1 Å². The molecule has 0 fully saturated rings. The number of hydrogen-bond acceptors (Lipinski definition) is 4. The molecule has 100 valence electrons. The number of anilines is 1. The normalized spacial score (nSPS) is 10.2. The van der Waals surface area contributed by atoms with Crippen LogP contribution in [0.3, 0.4) is 0 Å². The Morgan fingerprint density at radius 2 is 2.21 bits per heavy atom. The molecule has 4 nitrogen and oxygen atoms in total. The van der Waals surface area contributed by atoms with Crippen molar-refractivity contribution in [1.82, 2.24) is 4.98 Å². The minimum Gasteiger partial charge on any atom is -0.496 e. The minimum atomic E-state index is -0.0275. The SMILES string of the molecule is COc1ccccc1CCC(=O)Nc1nc(C)cs1. The van der Waals surface area contributed by atoms with Gasteiger partial charge in [0.1, 0.15) is 5.75 Å². The molecular formula is C14H16N2O2S. The van der Waals surface area contributed by atoms with Gasteiger partial charge in [-0.15, -0.1) is 11.3 Å². The highest BCUT2D eigenvalue weighted by molar-refractivity contribution is 7.13. The van der Waals surface area contributed by atoms with Crippen LogP contribution >= 0.6 is 11.3 Å². The van der Waals surface area contributed by atoms with Crippen molar-refractivity contribution < 1.29 is 9.53 Å². The summed E-state index contributed by atoms with van der Waals surface area (Å²) in [5.74, 6) is 0.792. The molecule has 0 aliphatic carbocycles. The van der Waals surface area contributed by atoms with Crippen molar-refractivity contribution in [3.05, 3.63) is 40.9 Å². The molecule has 0 unspecified atom stereocenters. The molecule has 0 bridgehead atoms. The van der Waals surface area contributed by atoms with Crippen molar-refractivity contribution in [3.8, 4) is 5.75 Å². The Bertz CT molecular complexity index is 566. The Balaban J connectivity index is 1.89. The number of nitrogens with zero attached hydrogens (tertiary/aromatic N) is 1. The zero-order valence-corrected chi connectivity index (χ0v) is 11.8. The third kappa shape index (κ3) is 3.79. The molecule has 0 saturated heterocycles. The van der Waals surface area contributed by atoms with Gasteiger partial charge in [0.05, 0.1) is 12.8 Å². The highest BCUT2D eigenvalue weighted by Crippen LogP contribution is 2.19. The highest BCUT2D eigenvalue weighted by Gasteiger charge is 2.08. The lowest BCUT2D eigenvalue weighted by Gasteiger charge is -2.07. The number of amides is 1. The summed E-state index contributed by atoms with van der Waals surface area (Å²) in [4.78, 5) is 16.0. The van der Waals surface area contributed by atoms with E-state index < -0.39 is 0 Å². The van der Waals surface area contributed by atoms with E-state index in [0.29, 0.717) is 18.0 Å². The van der Waals surface area contributed by atoms with Gasteiger partial charge in [0.2, 0.25) is 5.91 Å². The van der Waals surface area contributed by atoms with Crippen LogP contribution in [0.1, 0.15) is 17.7 Å². The van der Waals surface area contributed by atoms with Crippen LogP contribution in [-0.4, -0.2) is 18.0 Å². The van der Waals surface area contributed by atoms with Crippen LogP contribution in [0.15, 0.2) is 29.6 Å². The van der Waals surface area contributed by atoms with E-state index in [-0.39, 0.29) is 5.91 Å². The van der Waals surface area contributed by atoms with E-state index in [1.165, 1.54) is 11.3 Å². The molecule has 0 atom stereocenters. The van der Waals surface area contributed by atoms with Crippen molar-refractivity contribution in [2.45, 2.75) is 19.8 Å². The number of aromatic nitrogens is 1. The van der Waals surface area contributed by atoms with Gasteiger partial charge >= 0.3 is 0 Å². The number of rotatable bonds is 5. The maximum atomic E-state index is 11.8. The lowest BCUT2D eigenvalue weighted by atomic mass is 10.1. The summed E-state index contributed by atoms with van der Waals surface area (Å²) < 4.78 is 5.26. The second-order valence-corrected chi connectivity index (χ2v) is 5.01. The standard InChI is InChI=1S/C14H16N2O2S/c1-10-9-19-14(15-10)16-13(17)8-7-11-5-3-4-6-12(11)18-2/h3-6,9H,7-8H2,1-2H3,(H,15,16,17). The monoisotopic (exact) mass is 276 g/mol.